The van der Waals surface area contributed by atoms with Gasteiger partial charge >= 0.3 is 0 Å². The molecule has 0 aliphatic carbocycles. The zero-order valence-electron chi connectivity index (χ0n) is 12.7. The van der Waals surface area contributed by atoms with Gasteiger partial charge in [0.2, 0.25) is 5.91 Å². The number of carbonyl (C=O) groups excluding carboxylic acids is 1. The first kappa shape index (κ1) is 15.0. The number of likely N-dealkylation sites (N-methyl/N-ethyl adjacent to an activating group) is 1. The first-order valence-corrected chi connectivity index (χ1v) is 7.23. The number of benzene rings is 1. The quantitative estimate of drug-likeness (QED) is 0.910. The molecule has 4 nitrogen and oxygen atoms in total. The summed E-state index contributed by atoms with van der Waals surface area (Å²) in [5, 5.41) is 0. The maximum atomic E-state index is 12.6. The van der Waals surface area contributed by atoms with Crippen molar-refractivity contribution < 1.29 is 4.79 Å². The van der Waals surface area contributed by atoms with Crippen molar-refractivity contribution in [1.29, 1.82) is 0 Å². The minimum Gasteiger partial charge on any atom is -0.330 e. The molecule has 4 heteroatoms. The molecule has 2 unspecified atom stereocenters. The van der Waals surface area contributed by atoms with Crippen LogP contribution in [0.4, 0.5) is 5.69 Å². The molecule has 0 spiro atoms. The van der Waals surface area contributed by atoms with E-state index in [0.717, 1.165) is 25.2 Å². The molecule has 1 amide bonds. The Morgan fingerprint density at radius 3 is 2.65 bits per heavy atom. The fourth-order valence-electron chi connectivity index (χ4n) is 2.77. The highest BCUT2D eigenvalue weighted by molar-refractivity contribution is 5.96. The van der Waals surface area contributed by atoms with Crippen molar-refractivity contribution in [2.75, 3.05) is 31.6 Å². The molecule has 1 aliphatic heterocycles. The molecule has 110 valence electrons. The second-order valence-electron chi connectivity index (χ2n) is 6.14. The second kappa shape index (κ2) is 5.94. The molecule has 1 aliphatic rings. The number of hydrogen-bond donors (Lipinski definition) is 1. The van der Waals surface area contributed by atoms with Crippen LogP contribution < -0.4 is 10.6 Å². The number of para-hydroxylation sites is 1. The maximum absolute atomic E-state index is 12.6. The lowest BCUT2D eigenvalue weighted by molar-refractivity contribution is -0.122. The van der Waals surface area contributed by atoms with E-state index in [1.54, 1.807) is 4.90 Å². The monoisotopic (exact) mass is 275 g/mol. The number of carbonyl (C=O) groups is 1. The Hall–Kier alpha value is -1.39. The summed E-state index contributed by atoms with van der Waals surface area (Å²) >= 11 is 0. The standard InChI is InChI=1S/C16H25N3O/c1-13(19-10-9-16(2,11-17)12-19)15(20)18(3)14-7-5-4-6-8-14/h4-8,13H,9-12,17H2,1-3H3. The highest BCUT2D eigenvalue weighted by atomic mass is 16.2. The number of nitrogens with zero attached hydrogens (tertiary/aromatic N) is 2. The van der Waals surface area contributed by atoms with Gasteiger partial charge in [-0.15, -0.1) is 0 Å². The van der Waals surface area contributed by atoms with Crippen molar-refractivity contribution in [3.63, 3.8) is 0 Å². The number of hydrogen-bond acceptors (Lipinski definition) is 3. The van der Waals surface area contributed by atoms with E-state index in [4.69, 9.17) is 5.73 Å². The molecule has 0 radical (unpaired) electrons. The molecule has 2 atom stereocenters. The van der Waals surface area contributed by atoms with Crippen LogP contribution in [-0.2, 0) is 4.79 Å². The van der Waals surface area contributed by atoms with E-state index >= 15 is 0 Å². The molecular formula is C16H25N3O. The predicted molar refractivity (Wildman–Crippen MR) is 82.7 cm³/mol. The topological polar surface area (TPSA) is 49.6 Å². The summed E-state index contributed by atoms with van der Waals surface area (Å²) in [6.07, 6.45) is 1.07. The van der Waals surface area contributed by atoms with E-state index < -0.39 is 0 Å². The Bertz CT molecular complexity index is 462. The van der Waals surface area contributed by atoms with Crippen LogP contribution in [0.25, 0.3) is 0 Å². The van der Waals surface area contributed by atoms with Crippen molar-refractivity contribution >= 4 is 11.6 Å². The van der Waals surface area contributed by atoms with Crippen LogP contribution in [0.3, 0.4) is 0 Å². The molecule has 1 heterocycles. The zero-order chi connectivity index (χ0) is 14.8. The largest absolute Gasteiger partial charge is 0.330 e. The molecule has 2 N–H and O–H groups in total. The third-order valence-corrected chi connectivity index (χ3v) is 4.46. The smallest absolute Gasteiger partial charge is 0.243 e. The van der Waals surface area contributed by atoms with Crippen molar-refractivity contribution in [2.24, 2.45) is 11.1 Å². The van der Waals surface area contributed by atoms with E-state index in [1.807, 2.05) is 44.3 Å². The number of rotatable bonds is 4. The fraction of sp³-hybridized carbons (Fsp3) is 0.562. The minimum atomic E-state index is -0.103. The van der Waals surface area contributed by atoms with Crippen molar-refractivity contribution in [2.45, 2.75) is 26.3 Å². The minimum absolute atomic E-state index is 0.103. The Kier molecular flexibility index (Phi) is 4.45. The molecule has 0 bridgehead atoms. The van der Waals surface area contributed by atoms with Crippen LogP contribution in [0.5, 0.6) is 0 Å². The molecule has 0 aromatic heterocycles. The Balaban J connectivity index is 2.03. The van der Waals surface area contributed by atoms with Crippen LogP contribution in [0.2, 0.25) is 0 Å². The zero-order valence-corrected chi connectivity index (χ0v) is 12.7. The fourth-order valence-corrected chi connectivity index (χ4v) is 2.77. The van der Waals surface area contributed by atoms with Crippen LogP contribution in [0.15, 0.2) is 30.3 Å². The Labute approximate surface area is 121 Å². The van der Waals surface area contributed by atoms with Crippen LogP contribution in [0.1, 0.15) is 20.3 Å². The lowest BCUT2D eigenvalue weighted by atomic mass is 9.90. The Morgan fingerprint density at radius 2 is 2.10 bits per heavy atom. The van der Waals surface area contributed by atoms with E-state index in [1.165, 1.54) is 0 Å². The molecule has 2 rings (SSSR count). The van der Waals surface area contributed by atoms with Crippen LogP contribution in [-0.4, -0.2) is 43.5 Å². The summed E-state index contributed by atoms with van der Waals surface area (Å²) in [7, 11) is 1.84. The molecule has 20 heavy (non-hydrogen) atoms. The van der Waals surface area contributed by atoms with Crippen LogP contribution >= 0.6 is 0 Å². The lowest BCUT2D eigenvalue weighted by Crippen LogP contribution is -2.46. The van der Waals surface area contributed by atoms with Gasteiger partial charge in [-0.3, -0.25) is 9.69 Å². The number of anilines is 1. The Morgan fingerprint density at radius 1 is 1.45 bits per heavy atom. The van der Waals surface area contributed by atoms with Gasteiger partial charge in [-0.05, 0) is 44.0 Å². The molecule has 1 saturated heterocycles. The van der Waals surface area contributed by atoms with Gasteiger partial charge in [-0.1, -0.05) is 25.1 Å². The van der Waals surface area contributed by atoms with Gasteiger partial charge in [-0.2, -0.15) is 0 Å². The highest BCUT2D eigenvalue weighted by Gasteiger charge is 2.37. The average Bonchev–Trinajstić information content (AvgIpc) is 2.89. The summed E-state index contributed by atoms with van der Waals surface area (Å²) in [6.45, 7) is 6.72. The molecular weight excluding hydrogens is 250 g/mol. The van der Waals surface area contributed by atoms with Gasteiger partial charge in [0.15, 0.2) is 0 Å². The molecule has 1 fully saturated rings. The molecule has 1 aromatic rings. The number of amides is 1. The van der Waals surface area contributed by atoms with E-state index in [0.29, 0.717) is 6.54 Å². The van der Waals surface area contributed by atoms with Crippen molar-refractivity contribution in [3.8, 4) is 0 Å². The molecule has 0 saturated carbocycles. The van der Waals surface area contributed by atoms with E-state index in [-0.39, 0.29) is 17.4 Å². The number of nitrogens with two attached hydrogens (primary N) is 1. The lowest BCUT2D eigenvalue weighted by Gasteiger charge is -2.29. The third-order valence-electron chi connectivity index (χ3n) is 4.46. The van der Waals surface area contributed by atoms with Gasteiger partial charge in [0.1, 0.15) is 0 Å². The normalized spacial score (nSPS) is 24.6. The average molecular weight is 275 g/mol. The van der Waals surface area contributed by atoms with Crippen LogP contribution in [0, 0.1) is 5.41 Å². The van der Waals surface area contributed by atoms with E-state index in [2.05, 4.69) is 11.8 Å². The number of likely N-dealkylation sites (tertiary alicyclic amines) is 1. The first-order chi connectivity index (χ1) is 9.47. The van der Waals surface area contributed by atoms with Gasteiger partial charge in [0, 0.05) is 19.3 Å². The van der Waals surface area contributed by atoms with Crippen molar-refractivity contribution in [1.82, 2.24) is 4.90 Å². The van der Waals surface area contributed by atoms with Gasteiger partial charge in [0.05, 0.1) is 6.04 Å². The van der Waals surface area contributed by atoms with E-state index in [9.17, 15) is 4.79 Å². The summed E-state index contributed by atoms with van der Waals surface area (Å²) in [4.78, 5) is 16.6. The van der Waals surface area contributed by atoms with Gasteiger partial charge in [0.25, 0.3) is 0 Å². The summed E-state index contributed by atoms with van der Waals surface area (Å²) in [5.74, 6) is 0.137. The second-order valence-corrected chi connectivity index (χ2v) is 6.14. The molecule has 1 aromatic carbocycles. The summed E-state index contributed by atoms with van der Waals surface area (Å²) in [6, 6.07) is 9.67. The predicted octanol–water partition coefficient (Wildman–Crippen LogP) is 1.71. The highest BCUT2D eigenvalue weighted by Crippen LogP contribution is 2.30. The van der Waals surface area contributed by atoms with Gasteiger partial charge in [-0.25, -0.2) is 0 Å². The summed E-state index contributed by atoms with van der Waals surface area (Å²) in [5.41, 5.74) is 6.92. The SMILES string of the molecule is CC(C(=O)N(C)c1ccccc1)N1CCC(C)(CN)C1. The van der Waals surface area contributed by atoms with Gasteiger partial charge < -0.3 is 10.6 Å². The third kappa shape index (κ3) is 3.02. The first-order valence-electron chi connectivity index (χ1n) is 7.23. The maximum Gasteiger partial charge on any atom is 0.243 e. The summed E-state index contributed by atoms with van der Waals surface area (Å²) < 4.78 is 0. The van der Waals surface area contributed by atoms with Crippen molar-refractivity contribution in [3.05, 3.63) is 30.3 Å².